The van der Waals surface area contributed by atoms with Gasteiger partial charge in [-0.05, 0) is 42.0 Å². The number of carbonyl (C=O) groups excluding carboxylic acids is 2. The first-order valence-corrected chi connectivity index (χ1v) is 8.02. The van der Waals surface area contributed by atoms with Gasteiger partial charge in [-0.3, -0.25) is 9.69 Å². The molecular weight excluding hydrogens is 349 g/mol. The number of halogens is 2. The second kappa shape index (κ2) is 7.07. The number of amides is 1. The van der Waals surface area contributed by atoms with E-state index in [1.165, 1.54) is 11.0 Å². The fourth-order valence-electron chi connectivity index (χ4n) is 2.35. The van der Waals surface area contributed by atoms with Crippen LogP contribution >= 0.6 is 23.2 Å². The van der Waals surface area contributed by atoms with Crippen molar-refractivity contribution in [2.45, 2.75) is 0 Å². The minimum Gasteiger partial charge on any atom is -0.447 e. The van der Waals surface area contributed by atoms with Gasteiger partial charge in [0.1, 0.15) is 6.61 Å². The van der Waals surface area contributed by atoms with Crippen LogP contribution in [0.15, 0.2) is 48.5 Å². The van der Waals surface area contributed by atoms with E-state index in [4.69, 9.17) is 27.9 Å². The van der Waals surface area contributed by atoms with E-state index >= 15 is 0 Å². The summed E-state index contributed by atoms with van der Waals surface area (Å²) in [6.07, 6.45) is 2.68. The van der Waals surface area contributed by atoms with Gasteiger partial charge in [0.2, 0.25) is 0 Å². The molecule has 122 valence electrons. The summed E-state index contributed by atoms with van der Waals surface area (Å²) in [5.41, 5.74) is 1.82. The molecule has 1 amide bonds. The Bertz CT molecular complexity index is 833. The first kappa shape index (κ1) is 16.6. The van der Waals surface area contributed by atoms with Crippen molar-refractivity contribution in [1.29, 1.82) is 0 Å². The lowest BCUT2D eigenvalue weighted by molar-refractivity contribution is 0.104. The lowest BCUT2D eigenvalue weighted by atomic mass is 10.1. The number of nitrogens with zero attached hydrogens (tertiary/aromatic N) is 1. The van der Waals surface area contributed by atoms with Crippen LogP contribution in [-0.4, -0.2) is 25.0 Å². The zero-order valence-corrected chi connectivity index (χ0v) is 14.1. The van der Waals surface area contributed by atoms with Crippen molar-refractivity contribution >= 4 is 46.8 Å². The number of allylic oxidation sites excluding steroid dienone is 1. The molecule has 3 rings (SSSR count). The molecule has 1 heterocycles. The van der Waals surface area contributed by atoms with Crippen molar-refractivity contribution in [2.75, 3.05) is 18.1 Å². The van der Waals surface area contributed by atoms with Crippen LogP contribution in [0.4, 0.5) is 10.5 Å². The van der Waals surface area contributed by atoms with Gasteiger partial charge >= 0.3 is 6.09 Å². The number of hydrogen-bond acceptors (Lipinski definition) is 3. The van der Waals surface area contributed by atoms with E-state index < -0.39 is 6.09 Å². The van der Waals surface area contributed by atoms with E-state index in [0.29, 0.717) is 40.0 Å². The molecule has 6 heteroatoms. The molecule has 0 N–H and O–H groups in total. The molecule has 0 atom stereocenters. The maximum absolute atomic E-state index is 12.4. The average Bonchev–Trinajstić information content (AvgIpc) is 3.00. The number of anilines is 1. The number of benzene rings is 2. The van der Waals surface area contributed by atoms with E-state index in [9.17, 15) is 9.59 Å². The first-order valence-electron chi connectivity index (χ1n) is 7.26. The van der Waals surface area contributed by atoms with Crippen molar-refractivity contribution in [3.05, 3.63) is 69.7 Å². The molecule has 2 aromatic rings. The molecule has 24 heavy (non-hydrogen) atoms. The van der Waals surface area contributed by atoms with Crippen molar-refractivity contribution in [2.24, 2.45) is 0 Å². The van der Waals surface area contributed by atoms with Crippen LogP contribution in [0.3, 0.4) is 0 Å². The number of hydrogen-bond donors (Lipinski definition) is 0. The molecule has 1 saturated heterocycles. The van der Waals surface area contributed by atoms with Gasteiger partial charge in [0.15, 0.2) is 5.78 Å². The second-order valence-electron chi connectivity index (χ2n) is 5.18. The molecule has 0 spiro atoms. The summed E-state index contributed by atoms with van der Waals surface area (Å²) < 4.78 is 4.91. The number of ether oxygens (including phenoxy) is 1. The monoisotopic (exact) mass is 361 g/mol. The van der Waals surface area contributed by atoms with Crippen molar-refractivity contribution in [3.63, 3.8) is 0 Å². The summed E-state index contributed by atoms with van der Waals surface area (Å²) in [4.78, 5) is 25.5. The third-order valence-electron chi connectivity index (χ3n) is 3.58. The third-order valence-corrected chi connectivity index (χ3v) is 4.14. The minimum absolute atomic E-state index is 0.185. The lowest BCUT2D eigenvalue weighted by Gasteiger charge is -2.13. The largest absolute Gasteiger partial charge is 0.447 e. The maximum Gasteiger partial charge on any atom is 0.414 e. The number of ketones is 1. The summed E-state index contributed by atoms with van der Waals surface area (Å²) >= 11 is 11.9. The van der Waals surface area contributed by atoms with Crippen LogP contribution in [0.5, 0.6) is 0 Å². The summed E-state index contributed by atoms with van der Waals surface area (Å²) in [7, 11) is 0. The number of rotatable bonds is 4. The van der Waals surface area contributed by atoms with Gasteiger partial charge in [-0.15, -0.1) is 0 Å². The fraction of sp³-hybridized carbons (Fsp3) is 0.111. The van der Waals surface area contributed by atoms with Crippen LogP contribution in [0, 0.1) is 0 Å². The SMILES string of the molecule is O=C(/C=C/c1ccc(Cl)cc1Cl)c1cccc(N2CCOC2=O)c1. The van der Waals surface area contributed by atoms with Crippen molar-refractivity contribution in [3.8, 4) is 0 Å². The van der Waals surface area contributed by atoms with Crippen LogP contribution in [0.2, 0.25) is 10.0 Å². The smallest absolute Gasteiger partial charge is 0.414 e. The Morgan fingerprint density at radius 1 is 1.17 bits per heavy atom. The zero-order chi connectivity index (χ0) is 17.1. The van der Waals surface area contributed by atoms with Crippen LogP contribution in [-0.2, 0) is 4.74 Å². The molecule has 0 radical (unpaired) electrons. The Hall–Kier alpha value is -2.30. The summed E-state index contributed by atoms with van der Waals surface area (Å²) in [6, 6.07) is 11.9. The highest BCUT2D eigenvalue weighted by Crippen LogP contribution is 2.23. The molecule has 4 nitrogen and oxygen atoms in total. The van der Waals surface area contributed by atoms with E-state index in [0.717, 1.165) is 0 Å². The topological polar surface area (TPSA) is 46.6 Å². The minimum atomic E-state index is -0.400. The first-order chi connectivity index (χ1) is 11.5. The Labute approximate surface area is 149 Å². The standard InChI is InChI=1S/C18H13Cl2NO3/c19-14-6-4-12(16(20)11-14)5-7-17(22)13-2-1-3-15(10-13)21-8-9-24-18(21)23/h1-7,10-11H,8-9H2/b7-5+. The predicted molar refractivity (Wildman–Crippen MR) is 95.0 cm³/mol. The van der Waals surface area contributed by atoms with Crippen LogP contribution in [0.1, 0.15) is 15.9 Å². The van der Waals surface area contributed by atoms with Gasteiger partial charge in [0.25, 0.3) is 0 Å². The summed E-state index contributed by atoms with van der Waals surface area (Å²) in [5.74, 6) is -0.185. The highest BCUT2D eigenvalue weighted by Gasteiger charge is 2.23. The van der Waals surface area contributed by atoms with E-state index in [1.54, 1.807) is 48.5 Å². The molecule has 0 unspecified atom stereocenters. The fourth-order valence-corrected chi connectivity index (χ4v) is 2.82. The average molecular weight is 362 g/mol. The van der Waals surface area contributed by atoms with Crippen LogP contribution in [0.25, 0.3) is 6.08 Å². The van der Waals surface area contributed by atoms with E-state index in [1.807, 2.05) is 0 Å². The third kappa shape index (κ3) is 3.61. The molecule has 0 aliphatic carbocycles. The Balaban J connectivity index is 1.80. The molecule has 2 aromatic carbocycles. The molecule has 0 bridgehead atoms. The molecule has 1 aliphatic rings. The highest BCUT2D eigenvalue weighted by molar-refractivity contribution is 6.35. The van der Waals surface area contributed by atoms with E-state index in [2.05, 4.69) is 0 Å². The number of carbonyl (C=O) groups is 2. The van der Waals surface area contributed by atoms with Gasteiger partial charge in [-0.25, -0.2) is 4.79 Å². The van der Waals surface area contributed by atoms with Gasteiger partial charge in [-0.1, -0.05) is 41.4 Å². The van der Waals surface area contributed by atoms with Crippen LogP contribution < -0.4 is 4.90 Å². The molecule has 1 fully saturated rings. The van der Waals surface area contributed by atoms with Gasteiger partial charge in [-0.2, -0.15) is 0 Å². The van der Waals surface area contributed by atoms with Crippen molar-refractivity contribution in [1.82, 2.24) is 0 Å². The quantitative estimate of drug-likeness (QED) is 0.577. The predicted octanol–water partition coefficient (Wildman–Crippen LogP) is 4.85. The Morgan fingerprint density at radius 2 is 2.00 bits per heavy atom. The molecular formula is C18H13Cl2NO3. The van der Waals surface area contributed by atoms with Gasteiger partial charge < -0.3 is 4.74 Å². The molecule has 1 aliphatic heterocycles. The summed E-state index contributed by atoms with van der Waals surface area (Å²) in [6.45, 7) is 0.832. The Morgan fingerprint density at radius 3 is 2.71 bits per heavy atom. The maximum atomic E-state index is 12.4. The zero-order valence-electron chi connectivity index (χ0n) is 12.5. The number of cyclic esters (lactones) is 1. The second-order valence-corrected chi connectivity index (χ2v) is 6.02. The van der Waals surface area contributed by atoms with Gasteiger partial charge in [0.05, 0.1) is 6.54 Å². The van der Waals surface area contributed by atoms with E-state index in [-0.39, 0.29) is 5.78 Å². The van der Waals surface area contributed by atoms with Crippen molar-refractivity contribution < 1.29 is 14.3 Å². The summed E-state index contributed by atoms with van der Waals surface area (Å²) in [5, 5.41) is 1.01. The van der Waals surface area contributed by atoms with Gasteiger partial charge in [0, 0.05) is 21.3 Å². The lowest BCUT2D eigenvalue weighted by Crippen LogP contribution is -2.23. The normalized spacial score (nSPS) is 14.2. The molecule has 0 aromatic heterocycles. The Kier molecular flexibility index (Phi) is 4.88. The molecule has 0 saturated carbocycles. The highest BCUT2D eigenvalue weighted by atomic mass is 35.5.